The van der Waals surface area contributed by atoms with Crippen LogP contribution in [-0.2, 0) is 6.54 Å². The third-order valence-corrected chi connectivity index (χ3v) is 4.47. The van der Waals surface area contributed by atoms with Crippen LogP contribution >= 0.6 is 22.6 Å². The fraction of sp³-hybridized carbons (Fsp3) is 0.176. The first kappa shape index (κ1) is 14.3. The lowest BCUT2D eigenvalue weighted by Crippen LogP contribution is -2.29. The lowest BCUT2D eigenvalue weighted by atomic mass is 10.1. The first-order valence-corrected chi connectivity index (χ1v) is 7.77. The molecule has 1 heterocycles. The van der Waals surface area contributed by atoms with E-state index in [2.05, 4.69) is 28.7 Å². The third-order valence-electron chi connectivity index (χ3n) is 3.57. The van der Waals surface area contributed by atoms with Crippen molar-refractivity contribution in [3.8, 4) is 0 Å². The molecule has 2 amide bonds. The van der Waals surface area contributed by atoms with Crippen LogP contribution in [0, 0.1) is 17.4 Å². The van der Waals surface area contributed by atoms with E-state index in [4.69, 9.17) is 0 Å². The van der Waals surface area contributed by atoms with Crippen LogP contribution in [0.25, 0.3) is 0 Å². The van der Waals surface area contributed by atoms with Gasteiger partial charge in [0, 0.05) is 3.57 Å². The predicted octanol–water partition coefficient (Wildman–Crippen LogP) is 3.70. The van der Waals surface area contributed by atoms with E-state index in [0.29, 0.717) is 17.7 Å². The Labute approximate surface area is 137 Å². The van der Waals surface area contributed by atoms with Crippen molar-refractivity contribution in [1.82, 2.24) is 4.90 Å². The third kappa shape index (κ3) is 2.48. The average molecular weight is 391 g/mol. The van der Waals surface area contributed by atoms with Crippen molar-refractivity contribution in [1.29, 1.82) is 0 Å². The molecule has 0 saturated heterocycles. The van der Waals surface area contributed by atoms with E-state index >= 15 is 0 Å². The van der Waals surface area contributed by atoms with Crippen LogP contribution in [0.5, 0.6) is 0 Å². The summed E-state index contributed by atoms with van der Waals surface area (Å²) in [6.07, 6.45) is 0. The highest BCUT2D eigenvalue weighted by molar-refractivity contribution is 14.1. The van der Waals surface area contributed by atoms with Gasteiger partial charge in [-0.3, -0.25) is 14.5 Å². The van der Waals surface area contributed by atoms with Crippen LogP contribution in [0.15, 0.2) is 36.4 Å². The molecule has 0 aromatic heterocycles. The Kier molecular flexibility index (Phi) is 3.57. The molecule has 0 unspecified atom stereocenters. The molecular weight excluding hydrogens is 377 g/mol. The molecule has 0 N–H and O–H groups in total. The molecule has 0 saturated carbocycles. The number of hydrogen-bond donors (Lipinski definition) is 0. The lowest BCUT2D eigenvalue weighted by Gasteiger charge is -2.15. The van der Waals surface area contributed by atoms with Crippen molar-refractivity contribution in [3.05, 3.63) is 67.8 Å². The SMILES string of the molecule is Cc1cc(C)cc(CN2C(=O)c3cccc(I)c3C2=O)c1. The van der Waals surface area contributed by atoms with Crippen LogP contribution in [0.2, 0.25) is 0 Å². The second-order valence-corrected chi connectivity index (χ2v) is 6.52. The summed E-state index contributed by atoms with van der Waals surface area (Å²) in [7, 11) is 0. The quantitative estimate of drug-likeness (QED) is 0.578. The summed E-state index contributed by atoms with van der Waals surface area (Å²) in [6, 6.07) is 11.5. The van der Waals surface area contributed by atoms with Gasteiger partial charge in [-0.05, 0) is 54.1 Å². The molecule has 1 aliphatic rings. The van der Waals surface area contributed by atoms with E-state index in [1.807, 2.05) is 38.1 Å². The number of carbonyl (C=O) groups excluding carboxylic acids is 2. The van der Waals surface area contributed by atoms with Crippen LogP contribution in [-0.4, -0.2) is 16.7 Å². The Morgan fingerprint density at radius 1 is 1.00 bits per heavy atom. The zero-order valence-electron chi connectivity index (χ0n) is 11.8. The molecule has 0 fully saturated rings. The van der Waals surface area contributed by atoms with E-state index in [-0.39, 0.29) is 11.8 Å². The van der Waals surface area contributed by atoms with E-state index in [1.165, 1.54) is 4.90 Å². The minimum Gasteiger partial charge on any atom is -0.270 e. The topological polar surface area (TPSA) is 37.4 Å². The number of carbonyl (C=O) groups is 2. The van der Waals surface area contributed by atoms with Gasteiger partial charge in [-0.25, -0.2) is 0 Å². The summed E-state index contributed by atoms with van der Waals surface area (Å²) in [5.74, 6) is -0.396. The maximum Gasteiger partial charge on any atom is 0.262 e. The summed E-state index contributed by atoms with van der Waals surface area (Å²) in [6.45, 7) is 4.36. The molecule has 4 heteroatoms. The largest absolute Gasteiger partial charge is 0.270 e. The number of hydrogen-bond acceptors (Lipinski definition) is 2. The standard InChI is InChI=1S/C17H14INO2/c1-10-6-11(2)8-12(7-10)9-19-16(20)13-4-3-5-14(18)15(13)17(19)21/h3-8H,9H2,1-2H3. The van der Waals surface area contributed by atoms with Gasteiger partial charge in [0.2, 0.25) is 0 Å². The molecular formula is C17H14INO2. The number of halogens is 1. The Morgan fingerprint density at radius 2 is 1.67 bits per heavy atom. The van der Waals surface area contributed by atoms with Crippen molar-refractivity contribution in [2.45, 2.75) is 20.4 Å². The van der Waals surface area contributed by atoms with Gasteiger partial charge in [0.1, 0.15) is 0 Å². The zero-order chi connectivity index (χ0) is 15.1. The van der Waals surface area contributed by atoms with E-state index in [9.17, 15) is 9.59 Å². The second-order valence-electron chi connectivity index (χ2n) is 5.35. The molecule has 0 atom stereocenters. The Balaban J connectivity index is 1.97. The van der Waals surface area contributed by atoms with Crippen LogP contribution in [0.4, 0.5) is 0 Å². The maximum atomic E-state index is 12.5. The molecule has 106 valence electrons. The van der Waals surface area contributed by atoms with Gasteiger partial charge in [0.25, 0.3) is 11.8 Å². The smallest absolute Gasteiger partial charge is 0.262 e. The molecule has 21 heavy (non-hydrogen) atoms. The van der Waals surface area contributed by atoms with E-state index in [1.54, 1.807) is 6.07 Å². The maximum absolute atomic E-state index is 12.5. The van der Waals surface area contributed by atoms with Gasteiger partial charge in [-0.15, -0.1) is 0 Å². The fourth-order valence-corrected chi connectivity index (χ4v) is 3.51. The number of amides is 2. The number of imide groups is 1. The van der Waals surface area contributed by atoms with Gasteiger partial charge in [-0.1, -0.05) is 35.4 Å². The molecule has 0 aliphatic carbocycles. The van der Waals surface area contributed by atoms with Crippen LogP contribution < -0.4 is 0 Å². The number of aryl methyl sites for hydroxylation is 2. The average Bonchev–Trinajstić information content (AvgIpc) is 2.64. The minimum absolute atomic E-state index is 0.195. The molecule has 2 aromatic carbocycles. The summed E-state index contributed by atoms with van der Waals surface area (Å²) in [5, 5.41) is 0. The van der Waals surface area contributed by atoms with Crippen molar-refractivity contribution < 1.29 is 9.59 Å². The summed E-state index contributed by atoms with van der Waals surface area (Å²) >= 11 is 2.10. The number of rotatable bonds is 2. The normalized spacial score (nSPS) is 13.8. The van der Waals surface area contributed by atoms with Gasteiger partial charge in [0.15, 0.2) is 0 Å². The van der Waals surface area contributed by atoms with Gasteiger partial charge in [0.05, 0.1) is 17.7 Å². The highest BCUT2D eigenvalue weighted by Gasteiger charge is 2.36. The van der Waals surface area contributed by atoms with Crippen molar-refractivity contribution in [2.24, 2.45) is 0 Å². The molecule has 0 radical (unpaired) electrons. The van der Waals surface area contributed by atoms with E-state index < -0.39 is 0 Å². The Hall–Kier alpha value is -1.69. The molecule has 3 nitrogen and oxygen atoms in total. The van der Waals surface area contributed by atoms with Gasteiger partial charge < -0.3 is 0 Å². The Bertz CT molecular complexity index is 747. The highest BCUT2D eigenvalue weighted by Crippen LogP contribution is 2.28. The summed E-state index contributed by atoms with van der Waals surface area (Å²) in [5.41, 5.74) is 4.30. The molecule has 0 bridgehead atoms. The monoisotopic (exact) mass is 391 g/mol. The van der Waals surface area contributed by atoms with Crippen LogP contribution in [0.3, 0.4) is 0 Å². The summed E-state index contributed by atoms with van der Waals surface area (Å²) in [4.78, 5) is 26.3. The first-order chi connectivity index (χ1) is 9.97. The highest BCUT2D eigenvalue weighted by atomic mass is 127. The van der Waals surface area contributed by atoms with Gasteiger partial charge in [-0.2, -0.15) is 0 Å². The Morgan fingerprint density at radius 3 is 2.29 bits per heavy atom. The first-order valence-electron chi connectivity index (χ1n) is 6.69. The van der Waals surface area contributed by atoms with Crippen LogP contribution in [0.1, 0.15) is 37.4 Å². The fourth-order valence-electron chi connectivity index (χ4n) is 2.78. The molecule has 0 spiro atoms. The molecule has 2 aromatic rings. The van der Waals surface area contributed by atoms with E-state index in [0.717, 1.165) is 20.3 Å². The van der Waals surface area contributed by atoms with Crippen molar-refractivity contribution in [2.75, 3.05) is 0 Å². The number of fused-ring (bicyclic) bond motifs is 1. The zero-order valence-corrected chi connectivity index (χ0v) is 14.0. The second kappa shape index (κ2) is 5.26. The summed E-state index contributed by atoms with van der Waals surface area (Å²) < 4.78 is 0.825. The van der Waals surface area contributed by atoms with Gasteiger partial charge >= 0.3 is 0 Å². The molecule has 1 aliphatic heterocycles. The minimum atomic E-state index is -0.201. The number of nitrogens with zero attached hydrogens (tertiary/aromatic N) is 1. The lowest BCUT2D eigenvalue weighted by molar-refractivity contribution is 0.0642. The van der Waals surface area contributed by atoms with Crippen molar-refractivity contribution >= 4 is 34.4 Å². The predicted molar refractivity (Wildman–Crippen MR) is 89.3 cm³/mol. The van der Waals surface area contributed by atoms with Crippen molar-refractivity contribution in [3.63, 3.8) is 0 Å². The number of benzene rings is 2. The molecule has 3 rings (SSSR count).